The van der Waals surface area contributed by atoms with Gasteiger partial charge in [-0.05, 0) is 25.0 Å². The summed E-state index contributed by atoms with van der Waals surface area (Å²) in [7, 11) is 0. The Bertz CT molecular complexity index is 519. The number of hydrogen-bond donors (Lipinski definition) is 0. The van der Waals surface area contributed by atoms with E-state index in [1.807, 2.05) is 10.6 Å². The summed E-state index contributed by atoms with van der Waals surface area (Å²) in [5, 5.41) is 5.06. The molecule has 15 heavy (non-hydrogen) atoms. The zero-order valence-electron chi connectivity index (χ0n) is 7.95. The van der Waals surface area contributed by atoms with E-state index in [1.54, 1.807) is 0 Å². The quantitative estimate of drug-likeness (QED) is 0.750. The summed E-state index contributed by atoms with van der Waals surface area (Å²) in [4.78, 5) is 4.32. The molecule has 1 fully saturated rings. The summed E-state index contributed by atoms with van der Waals surface area (Å²) >= 11 is 8.20. The summed E-state index contributed by atoms with van der Waals surface area (Å²) in [6.45, 7) is 0. The third-order valence-corrected chi connectivity index (χ3v) is 3.72. The minimum atomic E-state index is 0.641. The number of fused-ring (bicyclic) bond motifs is 1. The predicted molar refractivity (Wildman–Crippen MR) is 67.3 cm³/mol. The third-order valence-electron chi connectivity index (χ3n) is 2.96. The first-order valence-electron chi connectivity index (χ1n) is 4.96. The van der Waals surface area contributed by atoms with Gasteiger partial charge in [0.1, 0.15) is 0 Å². The van der Waals surface area contributed by atoms with Crippen molar-refractivity contribution < 1.29 is 0 Å². The van der Waals surface area contributed by atoms with Gasteiger partial charge in [-0.25, -0.2) is 9.50 Å². The second-order valence-corrected chi connectivity index (χ2v) is 5.22. The average molecular weight is 334 g/mol. The van der Waals surface area contributed by atoms with Crippen molar-refractivity contribution in [2.24, 2.45) is 0 Å². The first kappa shape index (κ1) is 9.84. The van der Waals surface area contributed by atoms with Crippen LogP contribution in [0.15, 0.2) is 12.1 Å². The van der Waals surface area contributed by atoms with Gasteiger partial charge >= 0.3 is 0 Å². The number of aromatic nitrogens is 3. The van der Waals surface area contributed by atoms with E-state index in [0.717, 1.165) is 9.48 Å². The average Bonchev–Trinajstić information content (AvgIpc) is 2.49. The second kappa shape index (κ2) is 3.59. The molecule has 0 amide bonds. The topological polar surface area (TPSA) is 30.2 Å². The first-order valence-corrected chi connectivity index (χ1v) is 6.42. The van der Waals surface area contributed by atoms with Crippen molar-refractivity contribution in [3.8, 4) is 0 Å². The molecule has 1 aliphatic carbocycles. The standard InChI is InChI=1S/C10H9ClIN3/c11-7-4-5-8(6-2-1-3-6)15-9(7)13-10(12)14-15/h4-6H,1-3H2. The summed E-state index contributed by atoms with van der Waals surface area (Å²) in [6.07, 6.45) is 3.83. The van der Waals surface area contributed by atoms with Crippen molar-refractivity contribution in [2.75, 3.05) is 0 Å². The van der Waals surface area contributed by atoms with E-state index in [4.69, 9.17) is 11.6 Å². The highest BCUT2D eigenvalue weighted by Crippen LogP contribution is 2.37. The van der Waals surface area contributed by atoms with Crippen LogP contribution in [0.3, 0.4) is 0 Å². The van der Waals surface area contributed by atoms with E-state index < -0.39 is 0 Å². The van der Waals surface area contributed by atoms with Crippen molar-refractivity contribution in [1.82, 2.24) is 14.6 Å². The molecule has 0 saturated heterocycles. The monoisotopic (exact) mass is 333 g/mol. The normalized spacial score (nSPS) is 16.9. The maximum absolute atomic E-state index is 6.08. The highest BCUT2D eigenvalue weighted by atomic mass is 127. The first-order chi connectivity index (χ1) is 7.25. The molecule has 3 nitrogen and oxygen atoms in total. The molecule has 5 heteroatoms. The van der Waals surface area contributed by atoms with Crippen LogP contribution in [0, 0.1) is 3.83 Å². The van der Waals surface area contributed by atoms with Gasteiger partial charge in [-0.2, -0.15) is 0 Å². The molecular weight excluding hydrogens is 324 g/mol. The molecule has 0 spiro atoms. The van der Waals surface area contributed by atoms with Gasteiger partial charge in [0.2, 0.25) is 3.83 Å². The molecule has 0 aromatic carbocycles. The number of hydrogen-bond acceptors (Lipinski definition) is 2. The number of nitrogens with zero attached hydrogens (tertiary/aromatic N) is 3. The Kier molecular flexibility index (Phi) is 2.35. The second-order valence-electron chi connectivity index (χ2n) is 3.85. The Morgan fingerprint density at radius 2 is 2.20 bits per heavy atom. The Morgan fingerprint density at radius 3 is 2.87 bits per heavy atom. The van der Waals surface area contributed by atoms with Crippen LogP contribution in [-0.4, -0.2) is 14.6 Å². The number of halogens is 2. The summed E-state index contributed by atoms with van der Waals surface area (Å²) in [6, 6.07) is 4.00. The van der Waals surface area contributed by atoms with Crippen LogP contribution in [0.1, 0.15) is 30.9 Å². The largest absolute Gasteiger partial charge is 0.215 e. The van der Waals surface area contributed by atoms with Gasteiger partial charge in [0.25, 0.3) is 0 Å². The minimum Gasteiger partial charge on any atom is -0.215 e. The Morgan fingerprint density at radius 1 is 1.40 bits per heavy atom. The van der Waals surface area contributed by atoms with E-state index in [9.17, 15) is 0 Å². The van der Waals surface area contributed by atoms with E-state index >= 15 is 0 Å². The van der Waals surface area contributed by atoms with Gasteiger partial charge in [0.05, 0.1) is 5.02 Å². The van der Waals surface area contributed by atoms with Crippen molar-refractivity contribution in [3.63, 3.8) is 0 Å². The molecule has 0 radical (unpaired) electrons. The summed E-state index contributed by atoms with van der Waals surface area (Å²) in [5.41, 5.74) is 2.03. The van der Waals surface area contributed by atoms with E-state index in [0.29, 0.717) is 10.9 Å². The zero-order chi connectivity index (χ0) is 10.4. The fraction of sp³-hybridized carbons (Fsp3) is 0.400. The Labute approximate surface area is 106 Å². The Balaban J connectivity index is 2.25. The fourth-order valence-corrected chi connectivity index (χ4v) is 2.57. The molecule has 0 aliphatic heterocycles. The van der Waals surface area contributed by atoms with Crippen LogP contribution in [0.25, 0.3) is 5.65 Å². The van der Waals surface area contributed by atoms with Gasteiger partial charge in [-0.3, -0.25) is 0 Å². The van der Waals surface area contributed by atoms with Crippen molar-refractivity contribution in [2.45, 2.75) is 25.2 Å². The molecule has 2 heterocycles. The van der Waals surface area contributed by atoms with Crippen molar-refractivity contribution in [1.29, 1.82) is 0 Å². The van der Waals surface area contributed by atoms with Crippen LogP contribution in [0.4, 0.5) is 0 Å². The molecule has 78 valence electrons. The number of pyridine rings is 1. The maximum atomic E-state index is 6.08. The molecule has 1 aliphatic rings. The highest BCUT2D eigenvalue weighted by Gasteiger charge is 2.23. The SMILES string of the molecule is Clc1ccc(C2CCC2)n2nc(I)nc12. The van der Waals surface area contributed by atoms with Gasteiger partial charge in [-0.15, -0.1) is 5.10 Å². The van der Waals surface area contributed by atoms with Gasteiger partial charge in [0, 0.05) is 34.2 Å². The lowest BCUT2D eigenvalue weighted by Crippen LogP contribution is -2.13. The molecule has 3 rings (SSSR count). The Hall–Kier alpha value is -0.360. The highest BCUT2D eigenvalue weighted by molar-refractivity contribution is 14.1. The lowest BCUT2D eigenvalue weighted by atomic mass is 9.82. The fourth-order valence-electron chi connectivity index (χ4n) is 1.94. The van der Waals surface area contributed by atoms with Crippen LogP contribution in [-0.2, 0) is 0 Å². The lowest BCUT2D eigenvalue weighted by molar-refractivity contribution is 0.404. The lowest BCUT2D eigenvalue weighted by Gasteiger charge is -2.25. The number of rotatable bonds is 1. The molecule has 2 aromatic heterocycles. The van der Waals surface area contributed by atoms with Gasteiger partial charge in [0.15, 0.2) is 5.65 Å². The summed E-state index contributed by atoms with van der Waals surface area (Å²) < 4.78 is 2.65. The van der Waals surface area contributed by atoms with Gasteiger partial charge < -0.3 is 0 Å². The van der Waals surface area contributed by atoms with Crippen molar-refractivity contribution >= 4 is 39.8 Å². The smallest absolute Gasteiger partial charge is 0.212 e. The molecule has 0 N–H and O–H groups in total. The maximum Gasteiger partial charge on any atom is 0.212 e. The van der Waals surface area contributed by atoms with E-state index in [1.165, 1.54) is 25.0 Å². The van der Waals surface area contributed by atoms with E-state index in [-0.39, 0.29) is 0 Å². The van der Waals surface area contributed by atoms with Crippen LogP contribution < -0.4 is 0 Å². The van der Waals surface area contributed by atoms with E-state index in [2.05, 4.69) is 38.7 Å². The molecule has 0 unspecified atom stereocenters. The molecule has 1 saturated carbocycles. The minimum absolute atomic E-state index is 0.641. The predicted octanol–water partition coefficient (Wildman–Crippen LogP) is 3.25. The summed E-state index contributed by atoms with van der Waals surface area (Å²) in [5.74, 6) is 0.641. The zero-order valence-corrected chi connectivity index (χ0v) is 10.9. The molecular formula is C10H9ClIN3. The molecule has 2 aromatic rings. The van der Waals surface area contributed by atoms with Crippen molar-refractivity contribution in [3.05, 3.63) is 26.7 Å². The van der Waals surface area contributed by atoms with Crippen LogP contribution in [0.2, 0.25) is 5.02 Å². The molecule has 0 bridgehead atoms. The van der Waals surface area contributed by atoms with Gasteiger partial charge in [-0.1, -0.05) is 18.0 Å². The molecule has 0 atom stereocenters. The van der Waals surface area contributed by atoms with Crippen LogP contribution >= 0.6 is 34.2 Å². The van der Waals surface area contributed by atoms with Crippen LogP contribution in [0.5, 0.6) is 0 Å². The third kappa shape index (κ3) is 1.54.